The van der Waals surface area contributed by atoms with Gasteiger partial charge in [0, 0.05) is 28.9 Å². The average molecular weight is 317 g/mol. The molecule has 2 rings (SSSR count). The van der Waals surface area contributed by atoms with Gasteiger partial charge in [0.15, 0.2) is 0 Å². The summed E-state index contributed by atoms with van der Waals surface area (Å²) in [5.41, 5.74) is 0.184. The van der Waals surface area contributed by atoms with Gasteiger partial charge >= 0.3 is 5.69 Å². The fourth-order valence-electron chi connectivity index (χ4n) is 1.83. The molecule has 1 aromatic rings. The minimum absolute atomic E-state index is 0.241. The molecule has 1 aliphatic heterocycles. The highest BCUT2D eigenvalue weighted by atomic mass is 79.9. The lowest BCUT2D eigenvalue weighted by Crippen LogP contribution is -2.27. The molecular formula is C11H13BrN2O4. The van der Waals surface area contributed by atoms with Crippen molar-refractivity contribution in [3.63, 3.8) is 0 Å². The van der Waals surface area contributed by atoms with E-state index >= 15 is 0 Å². The summed E-state index contributed by atoms with van der Waals surface area (Å²) in [6.45, 7) is 3.41. The fraction of sp³-hybridized carbons (Fsp3) is 0.455. The van der Waals surface area contributed by atoms with Gasteiger partial charge in [0.25, 0.3) is 0 Å². The number of hydrogen-bond acceptors (Lipinski definition) is 5. The smallest absolute Gasteiger partial charge is 0.349 e. The summed E-state index contributed by atoms with van der Waals surface area (Å²) in [5.74, 6) is 0. The predicted octanol–water partition coefficient (Wildman–Crippen LogP) is 0.250. The van der Waals surface area contributed by atoms with Gasteiger partial charge in [0.1, 0.15) is 12.3 Å². The Hall–Kier alpha value is -1.02. The van der Waals surface area contributed by atoms with Gasteiger partial charge in [-0.25, -0.2) is 9.78 Å². The first kappa shape index (κ1) is 13.4. The van der Waals surface area contributed by atoms with Crippen LogP contribution in [0.1, 0.15) is 18.2 Å². The largest absolute Gasteiger partial charge is 0.394 e. The van der Waals surface area contributed by atoms with Crippen molar-refractivity contribution in [1.29, 1.82) is 0 Å². The van der Waals surface area contributed by atoms with Crippen LogP contribution in [0.25, 0.3) is 4.48 Å². The minimum atomic E-state index is -0.789. The number of halogens is 1. The molecular weight excluding hydrogens is 304 g/mol. The molecule has 2 heterocycles. The van der Waals surface area contributed by atoms with Crippen molar-refractivity contribution in [2.75, 3.05) is 6.61 Å². The third-order valence-electron chi connectivity index (χ3n) is 2.82. The van der Waals surface area contributed by atoms with Crippen molar-refractivity contribution >= 4 is 20.4 Å². The van der Waals surface area contributed by atoms with Gasteiger partial charge in [-0.1, -0.05) is 22.5 Å². The number of aliphatic hydroxyl groups is 2. The Kier molecular flexibility index (Phi) is 3.96. The van der Waals surface area contributed by atoms with Gasteiger partial charge in [-0.3, -0.25) is 4.57 Å². The summed E-state index contributed by atoms with van der Waals surface area (Å²) in [6, 6.07) is 0. The molecule has 1 aromatic heterocycles. The van der Waals surface area contributed by atoms with Crippen LogP contribution in [0.5, 0.6) is 0 Å². The zero-order valence-corrected chi connectivity index (χ0v) is 11.1. The second kappa shape index (κ2) is 5.31. The summed E-state index contributed by atoms with van der Waals surface area (Å²) >= 11 is 3.21. The molecule has 18 heavy (non-hydrogen) atoms. The quantitative estimate of drug-likeness (QED) is 0.835. The third kappa shape index (κ3) is 2.54. The Labute approximate surface area is 112 Å². The van der Waals surface area contributed by atoms with E-state index in [4.69, 9.17) is 9.84 Å². The topological polar surface area (TPSA) is 84.6 Å². The highest BCUT2D eigenvalue weighted by molar-refractivity contribution is 9.15. The molecule has 0 amide bonds. The molecule has 1 aliphatic rings. The zero-order chi connectivity index (χ0) is 13.3. The molecule has 0 aromatic carbocycles. The fourth-order valence-corrected chi connectivity index (χ4v) is 2.03. The lowest BCUT2D eigenvalue weighted by molar-refractivity contribution is -0.0459. The van der Waals surface area contributed by atoms with E-state index < -0.39 is 24.1 Å². The van der Waals surface area contributed by atoms with Crippen LogP contribution in [-0.2, 0) is 4.74 Å². The monoisotopic (exact) mass is 316 g/mol. The summed E-state index contributed by atoms with van der Waals surface area (Å²) in [5, 5.41) is 18.6. The second-order valence-corrected chi connectivity index (χ2v) is 5.01. The van der Waals surface area contributed by atoms with Crippen LogP contribution in [0.2, 0.25) is 0 Å². The number of ether oxygens (including phenoxy) is 1. The van der Waals surface area contributed by atoms with Crippen LogP contribution in [0.3, 0.4) is 0 Å². The number of hydrogen-bond donors (Lipinski definition) is 2. The Balaban J connectivity index is 2.31. The van der Waals surface area contributed by atoms with Gasteiger partial charge < -0.3 is 14.9 Å². The summed E-state index contributed by atoms with van der Waals surface area (Å²) in [4.78, 5) is 15.4. The van der Waals surface area contributed by atoms with Crippen molar-refractivity contribution < 1.29 is 14.9 Å². The number of rotatable bonds is 3. The molecule has 7 heteroatoms. The molecule has 0 bridgehead atoms. The van der Waals surface area contributed by atoms with Crippen molar-refractivity contribution in [3.8, 4) is 0 Å². The molecule has 1 fully saturated rings. The molecule has 6 nitrogen and oxygen atoms in total. The van der Waals surface area contributed by atoms with E-state index in [1.165, 1.54) is 10.8 Å². The van der Waals surface area contributed by atoms with Crippen molar-refractivity contribution in [2.45, 2.75) is 24.9 Å². The molecule has 0 saturated carbocycles. The number of nitrogens with zero attached hydrogens (tertiary/aromatic N) is 2. The Bertz CT molecular complexity index is 516. The van der Waals surface area contributed by atoms with E-state index in [0.717, 1.165) is 0 Å². The normalized spacial score (nSPS) is 27.4. The van der Waals surface area contributed by atoms with Crippen LogP contribution < -0.4 is 5.69 Å². The van der Waals surface area contributed by atoms with E-state index in [0.29, 0.717) is 10.0 Å². The van der Waals surface area contributed by atoms with Crippen LogP contribution in [-0.4, -0.2) is 38.6 Å². The van der Waals surface area contributed by atoms with E-state index in [1.807, 2.05) is 0 Å². The first-order valence-corrected chi connectivity index (χ1v) is 6.19. The Morgan fingerprint density at radius 3 is 3.00 bits per heavy atom. The van der Waals surface area contributed by atoms with Crippen molar-refractivity contribution in [3.05, 3.63) is 35.0 Å². The molecule has 0 aliphatic carbocycles. The average Bonchev–Trinajstić information content (AvgIpc) is 2.70. The van der Waals surface area contributed by atoms with Crippen molar-refractivity contribution in [1.82, 2.24) is 9.55 Å². The Morgan fingerprint density at radius 1 is 1.72 bits per heavy atom. The highest BCUT2D eigenvalue weighted by Crippen LogP contribution is 2.28. The number of aliphatic hydroxyl groups excluding tert-OH is 2. The van der Waals surface area contributed by atoms with Gasteiger partial charge in [0.05, 0.1) is 12.7 Å². The van der Waals surface area contributed by atoms with Gasteiger partial charge in [-0.15, -0.1) is 0 Å². The minimum Gasteiger partial charge on any atom is -0.394 e. The molecule has 0 radical (unpaired) electrons. The van der Waals surface area contributed by atoms with E-state index in [1.54, 1.807) is 6.20 Å². The Morgan fingerprint density at radius 2 is 2.44 bits per heavy atom. The highest BCUT2D eigenvalue weighted by Gasteiger charge is 2.35. The third-order valence-corrected chi connectivity index (χ3v) is 3.28. The first-order chi connectivity index (χ1) is 8.52. The van der Waals surface area contributed by atoms with Crippen LogP contribution in [0.4, 0.5) is 0 Å². The molecule has 3 atom stereocenters. The first-order valence-electron chi connectivity index (χ1n) is 5.40. The standard InChI is InChI=1S/C11H13BrN2O4/c1-6(12)7-3-13-11(17)14(4-7)10-2-8(16)9(5-15)18-10/h3-4,8-10,15-16H,1-2,5H2/t8-,9+,10+/m0/s1. The van der Waals surface area contributed by atoms with E-state index in [9.17, 15) is 9.90 Å². The second-order valence-electron chi connectivity index (χ2n) is 4.05. The lowest BCUT2D eigenvalue weighted by atomic mass is 10.2. The molecule has 0 unspecified atom stereocenters. The van der Waals surface area contributed by atoms with Crippen LogP contribution in [0.15, 0.2) is 23.8 Å². The zero-order valence-electron chi connectivity index (χ0n) is 9.49. The van der Waals surface area contributed by atoms with E-state index in [2.05, 4.69) is 27.5 Å². The summed E-state index contributed by atoms with van der Waals surface area (Å²) < 4.78 is 7.29. The summed E-state index contributed by atoms with van der Waals surface area (Å²) in [7, 11) is 0. The van der Waals surface area contributed by atoms with Crippen LogP contribution >= 0.6 is 15.9 Å². The molecule has 1 saturated heterocycles. The molecule has 0 spiro atoms. The number of aromatic nitrogens is 2. The molecule has 2 N–H and O–H groups in total. The molecule has 98 valence electrons. The van der Waals surface area contributed by atoms with Gasteiger partial charge in [0.2, 0.25) is 0 Å². The maximum atomic E-state index is 11.7. The maximum Gasteiger partial charge on any atom is 0.349 e. The maximum absolute atomic E-state index is 11.7. The van der Waals surface area contributed by atoms with Gasteiger partial charge in [-0.05, 0) is 0 Å². The van der Waals surface area contributed by atoms with Crippen molar-refractivity contribution in [2.24, 2.45) is 0 Å². The SMILES string of the molecule is C=C(Br)c1cnc(=O)n([C@H]2C[C@H](O)[C@@H](CO)O2)c1. The summed E-state index contributed by atoms with van der Waals surface area (Å²) in [6.07, 6.45) is 1.13. The van der Waals surface area contributed by atoms with Gasteiger partial charge in [-0.2, -0.15) is 0 Å². The van der Waals surface area contributed by atoms with E-state index in [-0.39, 0.29) is 13.0 Å². The lowest BCUT2D eigenvalue weighted by Gasteiger charge is -2.14. The predicted molar refractivity (Wildman–Crippen MR) is 68.1 cm³/mol. The van der Waals surface area contributed by atoms with Crippen LogP contribution in [0, 0.1) is 0 Å².